The van der Waals surface area contributed by atoms with Crippen LogP contribution in [0.5, 0.6) is 0 Å². The van der Waals surface area contributed by atoms with Crippen LogP contribution in [-0.2, 0) is 16.4 Å². The number of para-hydroxylation sites is 1. The number of carbonyl (C=O) groups excluding carboxylic acids is 1. The zero-order chi connectivity index (χ0) is 21.6. The van der Waals surface area contributed by atoms with E-state index >= 15 is 0 Å². The minimum absolute atomic E-state index is 0.0549. The first-order valence-corrected chi connectivity index (χ1v) is 11.3. The van der Waals surface area contributed by atoms with Gasteiger partial charge in [-0.15, -0.1) is 0 Å². The molecule has 1 aliphatic rings. The Kier molecular flexibility index (Phi) is 4.64. The number of nitrogens with zero attached hydrogens (tertiary/aromatic N) is 4. The molecule has 0 saturated heterocycles. The molecule has 0 unspecified atom stereocenters. The highest BCUT2D eigenvalue weighted by molar-refractivity contribution is 7.93. The highest BCUT2D eigenvalue weighted by Crippen LogP contribution is 2.35. The standard InChI is InChI=1S/C21H16ClN5O3S/c22-16-6-5-15(21(28)25-20-7-10-23-19-8-11-24-27(19)20)13-18(16)31(29,30)26-12-9-14-3-1-2-4-17(14)26/h1-8,10-11,13H,9,12H2,(H,25,28). The molecule has 2 aromatic carbocycles. The van der Waals surface area contributed by atoms with Crippen LogP contribution in [0.1, 0.15) is 15.9 Å². The Morgan fingerprint density at radius 2 is 1.90 bits per heavy atom. The average Bonchev–Trinajstić information content (AvgIpc) is 3.42. The predicted molar refractivity (Wildman–Crippen MR) is 117 cm³/mol. The molecular weight excluding hydrogens is 438 g/mol. The van der Waals surface area contributed by atoms with E-state index in [4.69, 9.17) is 11.6 Å². The van der Waals surface area contributed by atoms with Crippen LogP contribution in [0.15, 0.2) is 71.9 Å². The van der Waals surface area contributed by atoms with Gasteiger partial charge in [0, 0.05) is 24.4 Å². The SMILES string of the molecule is O=C(Nc1ccnc2ccnn12)c1ccc(Cl)c(S(=O)(=O)N2CCc3ccccc32)c1. The monoisotopic (exact) mass is 453 g/mol. The third-order valence-electron chi connectivity index (χ3n) is 5.14. The van der Waals surface area contributed by atoms with Crippen LogP contribution in [0.3, 0.4) is 0 Å². The summed E-state index contributed by atoms with van der Waals surface area (Å²) < 4.78 is 29.6. The van der Waals surface area contributed by atoms with Crippen molar-refractivity contribution in [1.29, 1.82) is 0 Å². The fourth-order valence-electron chi connectivity index (χ4n) is 3.64. The second-order valence-corrected chi connectivity index (χ2v) is 9.22. The van der Waals surface area contributed by atoms with Gasteiger partial charge in [0.05, 0.1) is 16.9 Å². The minimum atomic E-state index is -3.94. The predicted octanol–water partition coefficient (Wildman–Crippen LogP) is 3.39. The number of amides is 1. The van der Waals surface area contributed by atoms with Gasteiger partial charge < -0.3 is 5.32 Å². The Morgan fingerprint density at radius 3 is 2.77 bits per heavy atom. The van der Waals surface area contributed by atoms with Crippen LogP contribution < -0.4 is 9.62 Å². The Bertz CT molecular complexity index is 1430. The first kappa shape index (κ1) is 19.5. The van der Waals surface area contributed by atoms with Crippen LogP contribution in [-0.4, -0.2) is 35.5 Å². The molecule has 31 heavy (non-hydrogen) atoms. The van der Waals surface area contributed by atoms with Gasteiger partial charge >= 0.3 is 0 Å². The van der Waals surface area contributed by atoms with Gasteiger partial charge in [-0.3, -0.25) is 9.10 Å². The van der Waals surface area contributed by atoms with E-state index in [1.54, 1.807) is 36.7 Å². The van der Waals surface area contributed by atoms with Crippen LogP contribution in [0.2, 0.25) is 5.02 Å². The number of aromatic nitrogens is 3. The first-order valence-electron chi connectivity index (χ1n) is 9.45. The second-order valence-electron chi connectivity index (χ2n) is 6.99. The summed E-state index contributed by atoms with van der Waals surface area (Å²) in [4.78, 5) is 16.9. The molecule has 0 saturated carbocycles. The molecule has 8 nitrogen and oxygen atoms in total. The molecule has 0 aliphatic carbocycles. The maximum Gasteiger partial charge on any atom is 0.265 e. The van der Waals surface area contributed by atoms with Crippen molar-refractivity contribution in [1.82, 2.24) is 14.6 Å². The number of hydrogen-bond acceptors (Lipinski definition) is 5. The lowest BCUT2D eigenvalue weighted by molar-refractivity contribution is 0.102. The molecule has 1 N–H and O–H groups in total. The molecule has 0 atom stereocenters. The van der Waals surface area contributed by atoms with Gasteiger partial charge in [0.15, 0.2) is 5.65 Å². The summed E-state index contributed by atoms with van der Waals surface area (Å²) in [6.07, 6.45) is 3.74. The average molecular weight is 454 g/mol. The fourth-order valence-corrected chi connectivity index (χ4v) is 5.64. The van der Waals surface area contributed by atoms with Gasteiger partial charge in [-0.25, -0.2) is 13.4 Å². The van der Waals surface area contributed by atoms with Crippen LogP contribution in [0.25, 0.3) is 5.65 Å². The van der Waals surface area contributed by atoms with Crippen molar-refractivity contribution in [2.45, 2.75) is 11.3 Å². The molecule has 0 fully saturated rings. The van der Waals surface area contributed by atoms with Crippen molar-refractivity contribution in [3.05, 3.63) is 83.1 Å². The van der Waals surface area contributed by atoms with Gasteiger partial charge in [-0.1, -0.05) is 29.8 Å². The van der Waals surface area contributed by atoms with Crippen molar-refractivity contribution in [2.24, 2.45) is 0 Å². The second kappa shape index (κ2) is 7.36. The van der Waals surface area contributed by atoms with Crippen molar-refractivity contribution in [3.8, 4) is 0 Å². The van der Waals surface area contributed by atoms with Crippen LogP contribution >= 0.6 is 11.6 Å². The summed E-state index contributed by atoms with van der Waals surface area (Å²) in [6.45, 7) is 0.322. The smallest absolute Gasteiger partial charge is 0.265 e. The van der Waals surface area contributed by atoms with E-state index in [0.29, 0.717) is 30.1 Å². The molecule has 0 bridgehead atoms. The summed E-state index contributed by atoms with van der Waals surface area (Å²) in [5.41, 5.74) is 2.32. The number of fused-ring (bicyclic) bond motifs is 2. The molecule has 1 aliphatic heterocycles. The van der Waals surface area contributed by atoms with E-state index in [1.165, 1.54) is 27.0 Å². The lowest BCUT2D eigenvalue weighted by atomic mass is 10.2. The van der Waals surface area contributed by atoms with Crippen molar-refractivity contribution in [3.63, 3.8) is 0 Å². The number of benzene rings is 2. The number of carbonyl (C=O) groups is 1. The molecule has 4 aromatic rings. The highest BCUT2D eigenvalue weighted by atomic mass is 35.5. The minimum Gasteiger partial charge on any atom is -0.306 e. The first-order chi connectivity index (χ1) is 14.9. The number of rotatable bonds is 4. The summed E-state index contributed by atoms with van der Waals surface area (Å²) in [5, 5.41) is 6.92. The largest absolute Gasteiger partial charge is 0.306 e. The van der Waals surface area contributed by atoms with Crippen molar-refractivity contribution >= 4 is 44.7 Å². The molecule has 0 spiro atoms. The van der Waals surface area contributed by atoms with E-state index in [9.17, 15) is 13.2 Å². The Morgan fingerprint density at radius 1 is 1.06 bits per heavy atom. The Labute approximate surface area is 183 Å². The maximum atomic E-state index is 13.4. The van der Waals surface area contributed by atoms with E-state index in [-0.39, 0.29) is 15.5 Å². The molecule has 156 valence electrons. The van der Waals surface area contributed by atoms with Crippen molar-refractivity contribution in [2.75, 3.05) is 16.2 Å². The molecule has 1 amide bonds. The van der Waals surface area contributed by atoms with E-state index in [1.807, 2.05) is 12.1 Å². The van der Waals surface area contributed by atoms with Gasteiger partial charge in [-0.2, -0.15) is 9.61 Å². The molecule has 5 rings (SSSR count). The zero-order valence-corrected chi connectivity index (χ0v) is 17.6. The lowest BCUT2D eigenvalue weighted by Gasteiger charge is -2.20. The molecule has 2 aromatic heterocycles. The van der Waals surface area contributed by atoms with Crippen molar-refractivity contribution < 1.29 is 13.2 Å². The molecular formula is C21H16ClN5O3S. The number of hydrogen-bond donors (Lipinski definition) is 1. The lowest BCUT2D eigenvalue weighted by Crippen LogP contribution is -2.29. The topological polar surface area (TPSA) is 96.7 Å². The van der Waals surface area contributed by atoms with Gasteiger partial charge in [-0.05, 0) is 42.3 Å². The van der Waals surface area contributed by atoms with Gasteiger partial charge in [0.2, 0.25) is 0 Å². The summed E-state index contributed by atoms with van der Waals surface area (Å²) in [6, 6.07) is 14.9. The number of halogens is 1. The Balaban J connectivity index is 1.49. The Hall–Kier alpha value is -3.43. The zero-order valence-electron chi connectivity index (χ0n) is 16.1. The third-order valence-corrected chi connectivity index (χ3v) is 7.43. The third kappa shape index (κ3) is 3.31. The number of sulfonamides is 1. The summed E-state index contributed by atoms with van der Waals surface area (Å²) in [5.74, 6) is -0.0780. The summed E-state index contributed by atoms with van der Waals surface area (Å²) in [7, 11) is -3.94. The highest BCUT2D eigenvalue weighted by Gasteiger charge is 2.32. The fraction of sp³-hybridized carbons (Fsp3) is 0.0952. The van der Waals surface area contributed by atoms with Gasteiger partial charge in [0.25, 0.3) is 15.9 Å². The number of nitrogens with one attached hydrogen (secondary N) is 1. The van der Waals surface area contributed by atoms with E-state index in [2.05, 4.69) is 15.4 Å². The van der Waals surface area contributed by atoms with E-state index in [0.717, 1.165) is 5.56 Å². The molecule has 0 radical (unpaired) electrons. The summed E-state index contributed by atoms with van der Waals surface area (Å²) >= 11 is 6.25. The van der Waals surface area contributed by atoms with Gasteiger partial charge in [0.1, 0.15) is 10.7 Å². The van der Waals surface area contributed by atoms with Crippen LogP contribution in [0, 0.1) is 0 Å². The molecule has 10 heteroatoms. The quantitative estimate of drug-likeness (QED) is 0.511. The normalized spacial score (nSPS) is 13.4. The maximum absolute atomic E-state index is 13.4. The van der Waals surface area contributed by atoms with E-state index < -0.39 is 15.9 Å². The molecule has 3 heterocycles. The van der Waals surface area contributed by atoms with Crippen LogP contribution in [0.4, 0.5) is 11.5 Å². The number of anilines is 2.